The van der Waals surface area contributed by atoms with Gasteiger partial charge in [-0.25, -0.2) is 0 Å². The quantitative estimate of drug-likeness (QED) is 0.716. The zero-order chi connectivity index (χ0) is 21.8. The van der Waals surface area contributed by atoms with Gasteiger partial charge in [0.15, 0.2) is 6.10 Å². The number of hydrogen-bond donors (Lipinski definition) is 1. The summed E-state index contributed by atoms with van der Waals surface area (Å²) >= 11 is 0. The minimum Gasteiger partial charge on any atom is -0.477 e. The molecule has 0 aromatic heterocycles. The molecule has 2 aromatic rings. The minimum absolute atomic E-state index is 0.00975. The lowest BCUT2D eigenvalue weighted by atomic mass is 10.1. The molecule has 4 rings (SSSR count). The van der Waals surface area contributed by atoms with Crippen LogP contribution in [0, 0.1) is 0 Å². The number of nitrogens with zero attached hydrogens (tertiary/aromatic N) is 2. The molecule has 31 heavy (non-hydrogen) atoms. The molecule has 1 N–H and O–H groups in total. The van der Waals surface area contributed by atoms with E-state index in [9.17, 15) is 19.2 Å². The van der Waals surface area contributed by atoms with Crippen LogP contribution >= 0.6 is 0 Å². The van der Waals surface area contributed by atoms with Crippen LogP contribution in [-0.2, 0) is 25.7 Å². The van der Waals surface area contributed by atoms with Crippen LogP contribution < -0.4 is 15.0 Å². The molecule has 0 spiro atoms. The first kappa shape index (κ1) is 20.6. The van der Waals surface area contributed by atoms with Gasteiger partial charge in [-0.15, -0.1) is 0 Å². The van der Waals surface area contributed by atoms with E-state index in [1.165, 1.54) is 4.90 Å². The number of para-hydroxylation sites is 2. The fraction of sp³-hybridized carbons (Fsp3) is 0.304. The third kappa shape index (κ3) is 4.58. The second-order valence-electron chi connectivity index (χ2n) is 7.47. The normalized spacial score (nSPS) is 17.9. The molecular weight excluding hydrogens is 398 g/mol. The predicted molar refractivity (Wildman–Crippen MR) is 112 cm³/mol. The summed E-state index contributed by atoms with van der Waals surface area (Å²) < 4.78 is 5.85. The third-order valence-electron chi connectivity index (χ3n) is 5.38. The number of benzene rings is 2. The first-order valence-corrected chi connectivity index (χ1v) is 10.2. The van der Waals surface area contributed by atoms with Crippen molar-refractivity contribution in [2.75, 3.05) is 18.0 Å². The van der Waals surface area contributed by atoms with Crippen molar-refractivity contribution in [3.63, 3.8) is 0 Å². The van der Waals surface area contributed by atoms with Crippen LogP contribution in [-0.4, -0.2) is 47.7 Å². The number of rotatable bonds is 6. The van der Waals surface area contributed by atoms with Gasteiger partial charge in [0.05, 0.1) is 12.2 Å². The molecule has 0 radical (unpaired) electrons. The number of carbonyl (C=O) groups is 4. The monoisotopic (exact) mass is 421 g/mol. The number of anilines is 1. The predicted octanol–water partition coefficient (Wildman–Crippen LogP) is 1.64. The molecular formula is C23H23N3O5. The Kier molecular flexibility index (Phi) is 5.97. The molecule has 160 valence electrons. The first-order chi connectivity index (χ1) is 15.0. The number of amides is 4. The molecule has 0 aliphatic carbocycles. The lowest BCUT2D eigenvalue weighted by Crippen LogP contribution is -2.51. The highest BCUT2D eigenvalue weighted by molar-refractivity contribution is 6.03. The zero-order valence-electron chi connectivity index (χ0n) is 17.0. The second-order valence-corrected chi connectivity index (χ2v) is 7.47. The van der Waals surface area contributed by atoms with E-state index in [2.05, 4.69) is 5.32 Å². The van der Waals surface area contributed by atoms with Gasteiger partial charge in [0.2, 0.25) is 17.7 Å². The maximum atomic E-state index is 13.0. The number of carbonyl (C=O) groups excluding carboxylic acids is 4. The van der Waals surface area contributed by atoms with Crippen molar-refractivity contribution in [1.82, 2.24) is 10.2 Å². The Morgan fingerprint density at radius 1 is 0.968 bits per heavy atom. The highest BCUT2D eigenvalue weighted by Crippen LogP contribution is 2.33. The fourth-order valence-corrected chi connectivity index (χ4v) is 3.72. The van der Waals surface area contributed by atoms with E-state index in [4.69, 9.17) is 4.74 Å². The van der Waals surface area contributed by atoms with E-state index in [1.807, 2.05) is 30.3 Å². The Labute approximate surface area is 179 Å². The van der Waals surface area contributed by atoms with Gasteiger partial charge in [-0.05, 0) is 17.7 Å². The number of likely N-dealkylation sites (tertiary alicyclic amines) is 1. The highest BCUT2D eigenvalue weighted by Gasteiger charge is 2.35. The van der Waals surface area contributed by atoms with Gasteiger partial charge in [0, 0.05) is 32.4 Å². The molecule has 8 nitrogen and oxygen atoms in total. The van der Waals surface area contributed by atoms with E-state index >= 15 is 0 Å². The van der Waals surface area contributed by atoms with Gasteiger partial charge >= 0.3 is 0 Å². The zero-order valence-corrected chi connectivity index (χ0v) is 17.0. The van der Waals surface area contributed by atoms with E-state index in [1.54, 1.807) is 24.3 Å². The fourth-order valence-electron chi connectivity index (χ4n) is 3.72. The molecule has 1 saturated heterocycles. The summed E-state index contributed by atoms with van der Waals surface area (Å²) in [7, 11) is 0. The molecule has 8 heteroatoms. The van der Waals surface area contributed by atoms with E-state index in [0.717, 1.165) is 10.5 Å². The molecule has 0 saturated carbocycles. The molecule has 4 amide bonds. The Hall–Kier alpha value is -3.68. The van der Waals surface area contributed by atoms with E-state index < -0.39 is 6.10 Å². The molecule has 1 unspecified atom stereocenters. The summed E-state index contributed by atoms with van der Waals surface area (Å²) in [6.07, 6.45) is -0.490. The van der Waals surface area contributed by atoms with Gasteiger partial charge < -0.3 is 15.0 Å². The molecule has 0 bridgehead atoms. The maximum absolute atomic E-state index is 13.0. The standard InChI is InChI=1S/C23H23N3O5/c27-20-10-11-21(28)25(20)13-12-22(29)26-15-19(31-18-9-5-4-8-17(18)26)23(30)24-14-16-6-2-1-3-7-16/h1-9,19H,10-15H2,(H,24,30). The molecule has 2 aliphatic heterocycles. The largest absolute Gasteiger partial charge is 0.477 e. The summed E-state index contributed by atoms with van der Waals surface area (Å²) in [5.74, 6) is -0.655. The van der Waals surface area contributed by atoms with Crippen molar-refractivity contribution in [2.24, 2.45) is 0 Å². The Bertz CT molecular complexity index is 991. The van der Waals surface area contributed by atoms with Gasteiger partial charge in [-0.2, -0.15) is 0 Å². The van der Waals surface area contributed by atoms with Gasteiger partial charge in [-0.3, -0.25) is 24.1 Å². The average Bonchev–Trinajstić information content (AvgIpc) is 3.12. The van der Waals surface area contributed by atoms with Crippen LogP contribution in [0.4, 0.5) is 5.69 Å². The van der Waals surface area contributed by atoms with Crippen LogP contribution in [0.3, 0.4) is 0 Å². The minimum atomic E-state index is -0.863. The summed E-state index contributed by atoms with van der Waals surface area (Å²) in [5.41, 5.74) is 1.53. The average molecular weight is 421 g/mol. The molecule has 2 aromatic carbocycles. The lowest BCUT2D eigenvalue weighted by molar-refractivity contribution is -0.138. The number of ether oxygens (including phenoxy) is 1. The van der Waals surface area contributed by atoms with Crippen LogP contribution in [0.5, 0.6) is 5.75 Å². The van der Waals surface area contributed by atoms with Crippen molar-refractivity contribution >= 4 is 29.3 Å². The lowest BCUT2D eigenvalue weighted by Gasteiger charge is -2.34. The highest BCUT2D eigenvalue weighted by atomic mass is 16.5. The number of fused-ring (bicyclic) bond motifs is 1. The molecule has 1 atom stereocenters. The number of nitrogens with one attached hydrogen (secondary N) is 1. The van der Waals surface area contributed by atoms with Gasteiger partial charge in [0.25, 0.3) is 5.91 Å². The van der Waals surface area contributed by atoms with Crippen LogP contribution in [0.2, 0.25) is 0 Å². The smallest absolute Gasteiger partial charge is 0.263 e. The Balaban J connectivity index is 1.44. The summed E-state index contributed by atoms with van der Waals surface area (Å²) in [6, 6.07) is 16.5. The Morgan fingerprint density at radius 3 is 2.39 bits per heavy atom. The Morgan fingerprint density at radius 2 is 1.65 bits per heavy atom. The first-order valence-electron chi connectivity index (χ1n) is 10.2. The van der Waals surface area contributed by atoms with Crippen molar-refractivity contribution in [3.05, 3.63) is 60.2 Å². The van der Waals surface area contributed by atoms with Crippen LogP contribution in [0.25, 0.3) is 0 Å². The van der Waals surface area contributed by atoms with Gasteiger partial charge in [0.1, 0.15) is 5.75 Å². The number of imide groups is 1. The molecule has 1 fully saturated rings. The van der Waals surface area contributed by atoms with Gasteiger partial charge in [-0.1, -0.05) is 42.5 Å². The van der Waals surface area contributed by atoms with Crippen molar-refractivity contribution in [3.8, 4) is 5.75 Å². The van der Waals surface area contributed by atoms with Crippen molar-refractivity contribution in [1.29, 1.82) is 0 Å². The van der Waals surface area contributed by atoms with Crippen LogP contribution in [0.1, 0.15) is 24.8 Å². The third-order valence-corrected chi connectivity index (χ3v) is 5.38. The number of hydrogen-bond acceptors (Lipinski definition) is 5. The summed E-state index contributed by atoms with van der Waals surface area (Å²) in [4.78, 5) is 51.9. The second kappa shape index (κ2) is 8.99. The maximum Gasteiger partial charge on any atom is 0.263 e. The summed E-state index contributed by atoms with van der Waals surface area (Å²) in [6.45, 7) is 0.452. The summed E-state index contributed by atoms with van der Waals surface area (Å²) in [5, 5.41) is 2.85. The van der Waals surface area contributed by atoms with Crippen molar-refractivity contribution < 1.29 is 23.9 Å². The topological polar surface area (TPSA) is 96.0 Å². The van der Waals surface area contributed by atoms with Crippen LogP contribution in [0.15, 0.2) is 54.6 Å². The van der Waals surface area contributed by atoms with E-state index in [0.29, 0.717) is 18.0 Å². The molecule has 2 heterocycles. The van der Waals surface area contributed by atoms with E-state index in [-0.39, 0.29) is 56.0 Å². The van der Waals surface area contributed by atoms with Crippen molar-refractivity contribution in [2.45, 2.75) is 31.9 Å². The molecule has 2 aliphatic rings. The SMILES string of the molecule is O=C(NCc1ccccc1)C1CN(C(=O)CCN2C(=O)CCC2=O)c2ccccc2O1.